The van der Waals surface area contributed by atoms with E-state index in [-0.39, 0.29) is 30.5 Å². The Balaban J connectivity index is 2.35. The van der Waals surface area contributed by atoms with E-state index in [0.29, 0.717) is 45.7 Å². The minimum absolute atomic E-state index is 0.0180. The van der Waals surface area contributed by atoms with E-state index in [1.165, 1.54) is 11.8 Å². The van der Waals surface area contributed by atoms with Crippen molar-refractivity contribution in [2.24, 2.45) is 0 Å². The maximum absolute atomic E-state index is 12.1. The number of amides is 3. The molecule has 0 aromatic heterocycles. The summed E-state index contributed by atoms with van der Waals surface area (Å²) in [6, 6.07) is 0.0180. The third-order valence-corrected chi connectivity index (χ3v) is 3.73. The van der Waals surface area contributed by atoms with Crippen molar-refractivity contribution >= 4 is 17.9 Å². The number of piperidine rings is 1. The van der Waals surface area contributed by atoms with Crippen LogP contribution >= 0.6 is 0 Å². The lowest BCUT2D eigenvalue weighted by molar-refractivity contribution is -0.135. The lowest BCUT2D eigenvalue weighted by Crippen LogP contribution is -2.49. The molecule has 1 aliphatic rings. The van der Waals surface area contributed by atoms with Crippen molar-refractivity contribution in [1.29, 1.82) is 0 Å². The molecule has 0 aliphatic carbocycles. The number of hydrogen-bond donors (Lipinski definition) is 1. The maximum atomic E-state index is 12.1. The van der Waals surface area contributed by atoms with Crippen molar-refractivity contribution < 1.29 is 23.9 Å². The molecule has 3 amide bonds. The standard InChI is InChI=1S/C15H27N3O5/c1-4-23-15(21)17-7-5-13(6-8-17)16-14(20)11-18(12(2)19)9-10-22-3/h13H,4-11H2,1-3H3,(H,16,20). The highest BCUT2D eigenvalue weighted by Gasteiger charge is 2.25. The fourth-order valence-corrected chi connectivity index (χ4v) is 2.42. The fourth-order valence-electron chi connectivity index (χ4n) is 2.42. The van der Waals surface area contributed by atoms with Crippen LogP contribution in [0.3, 0.4) is 0 Å². The predicted molar refractivity (Wildman–Crippen MR) is 83.9 cm³/mol. The number of carbonyl (C=O) groups is 3. The summed E-state index contributed by atoms with van der Waals surface area (Å²) in [5.74, 6) is -0.347. The Morgan fingerprint density at radius 1 is 1.26 bits per heavy atom. The summed E-state index contributed by atoms with van der Waals surface area (Å²) >= 11 is 0. The zero-order valence-corrected chi connectivity index (χ0v) is 14.2. The average molecular weight is 329 g/mol. The smallest absolute Gasteiger partial charge is 0.409 e. The first-order valence-electron chi connectivity index (χ1n) is 7.93. The van der Waals surface area contributed by atoms with Crippen LogP contribution in [0.2, 0.25) is 0 Å². The molecule has 1 rings (SSSR count). The molecule has 0 bridgehead atoms. The van der Waals surface area contributed by atoms with Gasteiger partial charge in [-0.25, -0.2) is 4.79 Å². The Morgan fingerprint density at radius 3 is 2.43 bits per heavy atom. The number of carbonyl (C=O) groups excluding carboxylic acids is 3. The topological polar surface area (TPSA) is 88.2 Å². The van der Waals surface area contributed by atoms with Crippen LogP contribution in [0.25, 0.3) is 0 Å². The van der Waals surface area contributed by atoms with Crippen LogP contribution in [0.4, 0.5) is 4.79 Å². The quantitative estimate of drug-likeness (QED) is 0.722. The Hall–Kier alpha value is -1.83. The van der Waals surface area contributed by atoms with Gasteiger partial charge in [0.25, 0.3) is 0 Å². The Labute approximate surface area is 137 Å². The van der Waals surface area contributed by atoms with Gasteiger partial charge < -0.3 is 24.6 Å². The van der Waals surface area contributed by atoms with Gasteiger partial charge in [0.15, 0.2) is 0 Å². The zero-order valence-electron chi connectivity index (χ0n) is 14.2. The Bertz CT molecular complexity index is 408. The van der Waals surface area contributed by atoms with Gasteiger partial charge in [0.2, 0.25) is 11.8 Å². The summed E-state index contributed by atoms with van der Waals surface area (Å²) in [4.78, 5) is 38.3. The molecular formula is C15H27N3O5. The lowest BCUT2D eigenvalue weighted by Gasteiger charge is -2.32. The number of nitrogens with one attached hydrogen (secondary N) is 1. The molecule has 0 unspecified atom stereocenters. The van der Waals surface area contributed by atoms with Crippen molar-refractivity contribution in [3.05, 3.63) is 0 Å². The summed E-state index contributed by atoms with van der Waals surface area (Å²) in [5, 5.41) is 2.92. The van der Waals surface area contributed by atoms with Gasteiger partial charge in [-0.15, -0.1) is 0 Å². The third-order valence-electron chi connectivity index (χ3n) is 3.73. The highest BCUT2D eigenvalue weighted by Crippen LogP contribution is 2.11. The van der Waals surface area contributed by atoms with Crippen molar-refractivity contribution in [3.63, 3.8) is 0 Å². The molecule has 23 heavy (non-hydrogen) atoms. The van der Waals surface area contributed by atoms with Crippen LogP contribution in [0.15, 0.2) is 0 Å². The van der Waals surface area contributed by atoms with Crippen LogP contribution in [0.5, 0.6) is 0 Å². The van der Waals surface area contributed by atoms with Gasteiger partial charge in [0.05, 0.1) is 19.8 Å². The SMILES string of the molecule is CCOC(=O)N1CCC(NC(=O)CN(CCOC)C(C)=O)CC1. The molecule has 1 aliphatic heterocycles. The van der Waals surface area contributed by atoms with E-state index in [2.05, 4.69) is 5.32 Å². The van der Waals surface area contributed by atoms with Crippen molar-refractivity contribution in [2.75, 3.05) is 46.5 Å². The number of rotatable bonds is 7. The lowest BCUT2D eigenvalue weighted by atomic mass is 10.1. The first kappa shape index (κ1) is 19.2. The van der Waals surface area contributed by atoms with E-state index < -0.39 is 0 Å². The van der Waals surface area contributed by atoms with E-state index in [1.807, 2.05) is 0 Å². The minimum atomic E-state index is -0.306. The molecule has 0 spiro atoms. The molecule has 0 atom stereocenters. The van der Waals surface area contributed by atoms with Crippen molar-refractivity contribution in [1.82, 2.24) is 15.1 Å². The zero-order chi connectivity index (χ0) is 17.2. The molecule has 0 radical (unpaired) electrons. The summed E-state index contributed by atoms with van der Waals surface area (Å²) in [5.41, 5.74) is 0. The molecule has 0 aromatic rings. The number of ether oxygens (including phenoxy) is 2. The van der Waals surface area contributed by atoms with Gasteiger partial charge in [-0.2, -0.15) is 0 Å². The van der Waals surface area contributed by atoms with Crippen molar-refractivity contribution in [3.8, 4) is 0 Å². The molecule has 1 saturated heterocycles. The molecular weight excluding hydrogens is 302 g/mol. The number of hydrogen-bond acceptors (Lipinski definition) is 5. The van der Waals surface area contributed by atoms with Crippen molar-refractivity contribution in [2.45, 2.75) is 32.7 Å². The maximum Gasteiger partial charge on any atom is 0.409 e. The molecule has 1 fully saturated rings. The summed E-state index contributed by atoms with van der Waals surface area (Å²) in [7, 11) is 1.55. The van der Waals surface area contributed by atoms with Gasteiger partial charge in [0.1, 0.15) is 0 Å². The van der Waals surface area contributed by atoms with Gasteiger partial charge in [-0.05, 0) is 19.8 Å². The second-order valence-corrected chi connectivity index (χ2v) is 5.46. The number of methoxy groups -OCH3 is 1. The largest absolute Gasteiger partial charge is 0.450 e. The summed E-state index contributed by atoms with van der Waals surface area (Å²) in [6.45, 7) is 5.49. The predicted octanol–water partition coefficient (Wildman–Crippen LogP) is 0.218. The van der Waals surface area contributed by atoms with Gasteiger partial charge >= 0.3 is 6.09 Å². The highest BCUT2D eigenvalue weighted by molar-refractivity contribution is 5.84. The van der Waals surface area contributed by atoms with E-state index >= 15 is 0 Å². The monoisotopic (exact) mass is 329 g/mol. The van der Waals surface area contributed by atoms with E-state index in [1.54, 1.807) is 18.9 Å². The first-order chi connectivity index (χ1) is 11.0. The van der Waals surface area contributed by atoms with E-state index in [0.717, 1.165) is 0 Å². The Morgan fingerprint density at radius 2 is 1.91 bits per heavy atom. The molecule has 8 nitrogen and oxygen atoms in total. The highest BCUT2D eigenvalue weighted by atomic mass is 16.6. The van der Waals surface area contributed by atoms with Gasteiger partial charge in [-0.3, -0.25) is 9.59 Å². The third kappa shape index (κ3) is 6.85. The molecule has 1 heterocycles. The van der Waals surface area contributed by atoms with Crippen LogP contribution in [-0.2, 0) is 19.1 Å². The summed E-state index contributed by atoms with van der Waals surface area (Å²) in [6.07, 6.45) is 1.06. The molecule has 0 aromatic carbocycles. The average Bonchev–Trinajstić information content (AvgIpc) is 2.52. The van der Waals surface area contributed by atoms with Gasteiger partial charge in [-0.1, -0.05) is 0 Å². The summed E-state index contributed by atoms with van der Waals surface area (Å²) < 4.78 is 9.89. The molecule has 132 valence electrons. The van der Waals surface area contributed by atoms with Crippen LogP contribution in [0, 0.1) is 0 Å². The second kappa shape index (κ2) is 10.0. The normalized spacial score (nSPS) is 15.2. The van der Waals surface area contributed by atoms with Crippen LogP contribution < -0.4 is 5.32 Å². The van der Waals surface area contributed by atoms with Gasteiger partial charge in [0, 0.05) is 39.7 Å². The fraction of sp³-hybridized carbons (Fsp3) is 0.800. The minimum Gasteiger partial charge on any atom is -0.450 e. The molecule has 8 heteroatoms. The molecule has 1 N–H and O–H groups in total. The number of likely N-dealkylation sites (tertiary alicyclic amines) is 1. The first-order valence-corrected chi connectivity index (χ1v) is 7.93. The molecule has 0 saturated carbocycles. The van der Waals surface area contributed by atoms with Crippen LogP contribution in [0.1, 0.15) is 26.7 Å². The van der Waals surface area contributed by atoms with E-state index in [9.17, 15) is 14.4 Å². The number of nitrogens with zero attached hydrogens (tertiary/aromatic N) is 2. The second-order valence-electron chi connectivity index (χ2n) is 5.46. The van der Waals surface area contributed by atoms with Crippen LogP contribution in [-0.4, -0.2) is 80.3 Å². The van der Waals surface area contributed by atoms with E-state index in [4.69, 9.17) is 9.47 Å². The Kier molecular flexibility index (Phi) is 8.39.